The van der Waals surface area contributed by atoms with Gasteiger partial charge >= 0.3 is 12.3 Å². The van der Waals surface area contributed by atoms with Gasteiger partial charge in [-0.1, -0.05) is 12.1 Å². The molecular weight excluding hydrogens is 299 g/mol. The highest BCUT2D eigenvalue weighted by molar-refractivity contribution is 5.85. The monoisotopic (exact) mass is 313 g/mol. The van der Waals surface area contributed by atoms with Gasteiger partial charge in [-0.3, -0.25) is 9.69 Å². The van der Waals surface area contributed by atoms with E-state index >= 15 is 0 Å². The largest absolute Gasteiger partial charge is 0.573 e. The van der Waals surface area contributed by atoms with Gasteiger partial charge in [-0.15, -0.1) is 25.6 Å². The lowest BCUT2D eigenvalue weighted by Crippen LogP contribution is -2.35. The minimum Gasteiger partial charge on any atom is -0.480 e. The van der Waals surface area contributed by atoms with Crippen LogP contribution in [0.1, 0.15) is 12.5 Å². The van der Waals surface area contributed by atoms with Crippen LogP contribution in [0.25, 0.3) is 0 Å². The predicted molar refractivity (Wildman–Crippen MR) is 68.9 cm³/mol. The quantitative estimate of drug-likeness (QED) is 0.908. The molecule has 1 atom stereocenters. The van der Waals surface area contributed by atoms with Crippen molar-refractivity contribution in [2.75, 3.05) is 7.05 Å². The number of nitrogens with zero attached hydrogens (tertiary/aromatic N) is 1. The van der Waals surface area contributed by atoms with Gasteiger partial charge in [-0.2, -0.15) is 0 Å². The molecule has 1 rings (SSSR count). The van der Waals surface area contributed by atoms with E-state index in [1.54, 1.807) is 13.1 Å². The molecule has 0 aromatic heterocycles. The highest BCUT2D eigenvalue weighted by Gasteiger charge is 2.31. The molecule has 1 unspecified atom stereocenters. The van der Waals surface area contributed by atoms with Crippen molar-refractivity contribution in [1.29, 1.82) is 0 Å². The second-order valence-electron chi connectivity index (χ2n) is 4.12. The van der Waals surface area contributed by atoms with Crippen molar-refractivity contribution in [3.05, 3.63) is 29.8 Å². The summed E-state index contributed by atoms with van der Waals surface area (Å²) in [4.78, 5) is 12.3. The number of carbonyl (C=O) groups is 1. The van der Waals surface area contributed by atoms with E-state index < -0.39 is 18.4 Å². The van der Waals surface area contributed by atoms with Crippen LogP contribution in [0.15, 0.2) is 24.3 Å². The zero-order valence-corrected chi connectivity index (χ0v) is 11.7. The molecule has 0 fully saturated rings. The lowest BCUT2D eigenvalue weighted by Gasteiger charge is -2.21. The van der Waals surface area contributed by atoms with Crippen molar-refractivity contribution >= 4 is 18.4 Å². The fourth-order valence-electron chi connectivity index (χ4n) is 1.45. The molecule has 8 heteroatoms. The summed E-state index contributed by atoms with van der Waals surface area (Å²) in [6.45, 7) is 1.71. The smallest absolute Gasteiger partial charge is 0.480 e. The second-order valence-corrected chi connectivity index (χ2v) is 4.12. The summed E-state index contributed by atoms with van der Waals surface area (Å²) in [6, 6.07) is 4.73. The Balaban J connectivity index is 0.00000361. The van der Waals surface area contributed by atoms with Crippen LogP contribution in [0.2, 0.25) is 0 Å². The molecule has 114 valence electrons. The molecule has 0 aliphatic rings. The van der Waals surface area contributed by atoms with E-state index in [4.69, 9.17) is 5.11 Å². The summed E-state index contributed by atoms with van der Waals surface area (Å²) < 4.78 is 40.0. The van der Waals surface area contributed by atoms with E-state index in [9.17, 15) is 18.0 Å². The van der Waals surface area contributed by atoms with Crippen LogP contribution in [0.4, 0.5) is 13.2 Å². The first kappa shape index (κ1) is 18.5. The normalized spacial score (nSPS) is 12.7. The highest BCUT2D eigenvalue weighted by Crippen LogP contribution is 2.23. The molecule has 4 nitrogen and oxygen atoms in total. The molecule has 0 heterocycles. The van der Waals surface area contributed by atoms with Crippen molar-refractivity contribution < 1.29 is 27.8 Å². The van der Waals surface area contributed by atoms with Crippen molar-refractivity contribution in [2.45, 2.75) is 25.9 Å². The average molecular weight is 314 g/mol. The van der Waals surface area contributed by atoms with E-state index in [-0.39, 0.29) is 24.7 Å². The first-order valence-electron chi connectivity index (χ1n) is 5.47. The van der Waals surface area contributed by atoms with E-state index in [2.05, 4.69) is 4.74 Å². The summed E-state index contributed by atoms with van der Waals surface area (Å²) in [5, 5.41) is 8.82. The first-order valence-corrected chi connectivity index (χ1v) is 5.47. The molecule has 0 bridgehead atoms. The third kappa shape index (κ3) is 6.12. The van der Waals surface area contributed by atoms with Crippen LogP contribution < -0.4 is 4.74 Å². The van der Waals surface area contributed by atoms with Crippen molar-refractivity contribution in [3.63, 3.8) is 0 Å². The lowest BCUT2D eigenvalue weighted by atomic mass is 10.2. The Kier molecular flexibility index (Phi) is 6.81. The van der Waals surface area contributed by atoms with Crippen molar-refractivity contribution in [3.8, 4) is 5.75 Å². The van der Waals surface area contributed by atoms with Crippen LogP contribution in [0.5, 0.6) is 5.75 Å². The fraction of sp³-hybridized carbons (Fsp3) is 0.417. The Morgan fingerprint density at radius 3 is 2.55 bits per heavy atom. The van der Waals surface area contributed by atoms with Gasteiger partial charge in [0, 0.05) is 6.54 Å². The molecule has 0 aliphatic carbocycles. The molecule has 0 spiro atoms. The average Bonchev–Trinajstić information content (AvgIpc) is 2.25. The van der Waals surface area contributed by atoms with Gasteiger partial charge in [0.2, 0.25) is 0 Å². The summed E-state index contributed by atoms with van der Waals surface area (Å²) in [6.07, 6.45) is -4.74. The molecule has 1 aromatic carbocycles. The zero-order valence-electron chi connectivity index (χ0n) is 10.8. The van der Waals surface area contributed by atoms with Gasteiger partial charge in [0.25, 0.3) is 0 Å². The fourth-order valence-corrected chi connectivity index (χ4v) is 1.45. The van der Waals surface area contributed by atoms with Crippen molar-refractivity contribution in [1.82, 2.24) is 4.90 Å². The van der Waals surface area contributed by atoms with Gasteiger partial charge < -0.3 is 9.84 Å². The lowest BCUT2D eigenvalue weighted by molar-refractivity contribution is -0.274. The van der Waals surface area contributed by atoms with Gasteiger partial charge in [0.15, 0.2) is 0 Å². The summed E-state index contributed by atoms with van der Waals surface area (Å²) in [5.41, 5.74) is 0.539. The number of carboxylic acid groups (broad SMARTS) is 1. The van der Waals surface area contributed by atoms with Crippen LogP contribution in [0, 0.1) is 0 Å². The zero-order chi connectivity index (χ0) is 14.6. The Hall–Kier alpha value is -1.47. The number of aliphatic carboxylic acids is 1. The van der Waals surface area contributed by atoms with Crippen molar-refractivity contribution in [2.24, 2.45) is 0 Å². The van der Waals surface area contributed by atoms with Gasteiger partial charge in [0.1, 0.15) is 11.8 Å². The molecule has 0 radical (unpaired) electrons. The Bertz CT molecular complexity index is 454. The number of alkyl halides is 3. The molecular formula is C12H15ClF3NO3. The number of hydrogen-bond acceptors (Lipinski definition) is 3. The molecule has 0 aliphatic heterocycles. The molecule has 0 saturated heterocycles. The maximum atomic E-state index is 12.1. The van der Waals surface area contributed by atoms with Crippen LogP contribution in [-0.4, -0.2) is 35.4 Å². The third-order valence-electron chi connectivity index (χ3n) is 2.58. The number of ether oxygens (including phenoxy) is 1. The SMILES string of the molecule is CC(C(=O)O)N(C)Cc1cccc(OC(F)(F)F)c1.Cl. The van der Waals surface area contributed by atoms with Crippen LogP contribution >= 0.6 is 12.4 Å². The summed E-state index contributed by atoms with van der Waals surface area (Å²) >= 11 is 0. The first-order chi connectivity index (χ1) is 8.69. The van der Waals surface area contributed by atoms with Crippen LogP contribution in [-0.2, 0) is 11.3 Å². The number of likely N-dealkylation sites (N-methyl/N-ethyl adjacent to an activating group) is 1. The standard InChI is InChI=1S/C12H14F3NO3.ClH/c1-8(11(17)18)16(2)7-9-4-3-5-10(6-9)19-12(13,14)15;/h3-6,8H,7H2,1-2H3,(H,17,18);1H. The van der Waals surface area contributed by atoms with Gasteiger partial charge in [-0.05, 0) is 31.7 Å². The maximum absolute atomic E-state index is 12.1. The highest BCUT2D eigenvalue weighted by atomic mass is 35.5. The van der Waals surface area contributed by atoms with E-state index in [0.717, 1.165) is 0 Å². The van der Waals surface area contributed by atoms with Crippen LogP contribution in [0.3, 0.4) is 0 Å². The number of benzene rings is 1. The topological polar surface area (TPSA) is 49.8 Å². The van der Waals surface area contributed by atoms with Gasteiger partial charge in [-0.25, -0.2) is 0 Å². The molecule has 20 heavy (non-hydrogen) atoms. The number of rotatable bonds is 5. The predicted octanol–water partition coefficient (Wildman–Crippen LogP) is 2.91. The molecule has 1 N–H and O–H groups in total. The number of halogens is 4. The molecule has 0 amide bonds. The molecule has 1 aromatic rings. The minimum absolute atomic E-state index is 0. The van der Waals surface area contributed by atoms with E-state index in [1.807, 2.05) is 0 Å². The minimum atomic E-state index is -4.74. The third-order valence-corrected chi connectivity index (χ3v) is 2.58. The Morgan fingerprint density at radius 1 is 1.45 bits per heavy atom. The summed E-state index contributed by atoms with van der Waals surface area (Å²) in [7, 11) is 1.58. The Morgan fingerprint density at radius 2 is 2.05 bits per heavy atom. The number of carboxylic acids is 1. The second kappa shape index (κ2) is 7.35. The van der Waals surface area contributed by atoms with E-state index in [1.165, 1.54) is 30.0 Å². The maximum Gasteiger partial charge on any atom is 0.573 e. The number of hydrogen-bond donors (Lipinski definition) is 1. The van der Waals surface area contributed by atoms with Gasteiger partial charge in [0.05, 0.1) is 0 Å². The van der Waals surface area contributed by atoms with E-state index in [0.29, 0.717) is 5.56 Å². The molecule has 0 saturated carbocycles. The Labute approximate surface area is 120 Å². The summed E-state index contributed by atoms with van der Waals surface area (Å²) in [5.74, 6) is -1.31.